The topological polar surface area (TPSA) is 16.4 Å². The van der Waals surface area contributed by atoms with Gasteiger partial charge in [0.1, 0.15) is 11.2 Å². The molecular formula is C79H59NO. The fourth-order valence-electron chi connectivity index (χ4n) is 18.7. The van der Waals surface area contributed by atoms with Crippen LogP contribution >= 0.6 is 0 Å². The van der Waals surface area contributed by atoms with Gasteiger partial charge in [-0.2, -0.15) is 0 Å². The molecule has 1 aromatic heterocycles. The van der Waals surface area contributed by atoms with Crippen molar-refractivity contribution in [3.8, 4) is 55.6 Å². The molecule has 6 aliphatic rings. The highest BCUT2D eigenvalue weighted by atomic mass is 16.3. The molecule has 12 aromatic rings. The van der Waals surface area contributed by atoms with Crippen molar-refractivity contribution in [1.82, 2.24) is 0 Å². The Balaban J connectivity index is 0.846. The van der Waals surface area contributed by atoms with E-state index in [9.17, 15) is 0 Å². The average molecular weight is 1040 g/mol. The van der Waals surface area contributed by atoms with Crippen LogP contribution in [0.2, 0.25) is 0 Å². The highest BCUT2D eigenvalue weighted by Gasteiger charge is 2.72. The van der Waals surface area contributed by atoms with E-state index in [0.717, 1.165) is 65.0 Å². The molecular weight excluding hydrogens is 979 g/mol. The van der Waals surface area contributed by atoms with Gasteiger partial charge in [0.25, 0.3) is 0 Å². The largest absolute Gasteiger partial charge is 0.455 e. The number of hydrogen-bond donors (Lipinski definition) is 0. The highest BCUT2D eigenvalue weighted by Crippen LogP contribution is 2.79. The summed E-state index contributed by atoms with van der Waals surface area (Å²) in [6, 6.07) is 99.6. The molecule has 0 amide bonds. The van der Waals surface area contributed by atoms with E-state index in [1.807, 2.05) is 0 Å². The second-order valence-electron chi connectivity index (χ2n) is 24.9. The summed E-state index contributed by atoms with van der Waals surface area (Å²) < 4.78 is 7.47. The van der Waals surface area contributed by atoms with Gasteiger partial charge in [0.05, 0.1) is 0 Å². The third-order valence-corrected chi connectivity index (χ3v) is 21.2. The average Bonchev–Trinajstić information content (AvgIpc) is 1.77. The molecule has 6 aliphatic carbocycles. The van der Waals surface area contributed by atoms with Crippen molar-refractivity contribution in [2.75, 3.05) is 4.90 Å². The smallest absolute Gasteiger partial charge is 0.143 e. The fraction of sp³-hybridized carbons (Fsp3) is 0.165. The van der Waals surface area contributed by atoms with Gasteiger partial charge in [0, 0.05) is 49.6 Å². The maximum Gasteiger partial charge on any atom is 0.143 e. The van der Waals surface area contributed by atoms with Crippen LogP contribution in [-0.2, 0) is 16.2 Å². The number of nitrogens with zero attached hydrogens (tertiary/aromatic N) is 1. The summed E-state index contributed by atoms with van der Waals surface area (Å²) in [5.41, 5.74) is 27.3. The van der Waals surface area contributed by atoms with Crippen LogP contribution < -0.4 is 4.90 Å². The fourth-order valence-corrected chi connectivity index (χ4v) is 18.7. The Morgan fingerprint density at radius 3 is 1.33 bits per heavy atom. The molecule has 3 saturated carbocycles. The first-order chi connectivity index (χ1) is 40.1. The van der Waals surface area contributed by atoms with Crippen LogP contribution in [0.5, 0.6) is 0 Å². The first kappa shape index (κ1) is 45.8. The molecule has 1 heterocycles. The number of anilines is 3. The second kappa shape index (κ2) is 17.0. The van der Waals surface area contributed by atoms with Gasteiger partial charge in [0.2, 0.25) is 0 Å². The Morgan fingerprint density at radius 1 is 0.296 bits per heavy atom. The van der Waals surface area contributed by atoms with E-state index in [1.54, 1.807) is 22.3 Å². The van der Waals surface area contributed by atoms with Gasteiger partial charge in [-0.15, -0.1) is 0 Å². The zero-order chi connectivity index (χ0) is 53.0. The van der Waals surface area contributed by atoms with Gasteiger partial charge in [-0.1, -0.05) is 218 Å². The number of rotatable bonds is 6. The third kappa shape index (κ3) is 6.39. The van der Waals surface area contributed by atoms with Crippen LogP contribution in [0.25, 0.3) is 77.6 Å². The first-order valence-corrected chi connectivity index (χ1v) is 29.6. The van der Waals surface area contributed by atoms with Crippen molar-refractivity contribution >= 4 is 39.0 Å². The van der Waals surface area contributed by atoms with Gasteiger partial charge < -0.3 is 9.32 Å². The minimum atomic E-state index is -0.160. The monoisotopic (exact) mass is 1040 g/mol. The van der Waals surface area contributed by atoms with E-state index in [-0.39, 0.29) is 16.2 Å². The summed E-state index contributed by atoms with van der Waals surface area (Å²) in [6.07, 6.45) is 6.91. The Bertz CT molecular complexity index is 4510. The van der Waals surface area contributed by atoms with E-state index in [4.69, 9.17) is 4.42 Å². The van der Waals surface area contributed by atoms with Crippen molar-refractivity contribution in [3.63, 3.8) is 0 Å². The predicted molar refractivity (Wildman–Crippen MR) is 333 cm³/mol. The van der Waals surface area contributed by atoms with Crippen LogP contribution in [-0.4, -0.2) is 0 Å². The minimum Gasteiger partial charge on any atom is -0.455 e. The van der Waals surface area contributed by atoms with Crippen molar-refractivity contribution in [2.24, 2.45) is 5.92 Å². The molecule has 3 fully saturated rings. The zero-order valence-corrected chi connectivity index (χ0v) is 45.2. The molecule has 81 heavy (non-hydrogen) atoms. The van der Waals surface area contributed by atoms with Crippen molar-refractivity contribution in [2.45, 2.75) is 72.5 Å². The molecule has 18 rings (SSSR count). The van der Waals surface area contributed by atoms with Crippen LogP contribution in [0.4, 0.5) is 17.1 Å². The van der Waals surface area contributed by atoms with Crippen LogP contribution in [0.1, 0.15) is 89.7 Å². The number of fused-ring (bicyclic) bond motifs is 12. The van der Waals surface area contributed by atoms with Gasteiger partial charge in [-0.25, -0.2) is 0 Å². The number of benzene rings is 11. The molecule has 0 saturated heterocycles. The zero-order valence-electron chi connectivity index (χ0n) is 45.2. The van der Waals surface area contributed by atoms with Crippen LogP contribution in [0.3, 0.4) is 0 Å². The van der Waals surface area contributed by atoms with Crippen molar-refractivity contribution in [1.29, 1.82) is 0 Å². The molecule has 7 unspecified atom stereocenters. The second-order valence-corrected chi connectivity index (χ2v) is 24.9. The Morgan fingerprint density at radius 2 is 0.741 bits per heavy atom. The maximum absolute atomic E-state index is 7.47. The molecule has 2 nitrogen and oxygen atoms in total. The standard InChI is InChI=1S/C79H59NO/c1-3-17-50(18-4-1)52-33-37-58(38-34-52)80(60-22-15-21-54(43-60)51-19-5-2-6-20-51)59-39-35-53(36-40-59)64-41-42-71-74-73-63(29-16-32-72(73)81-75(64)74)57-48-78-45-55(61-23-7-9-25-65(61)68-28-12-14-31-70(68)78)44-77-46-56(47-79(71,49-57)76(77)78)62-24-8-10-26-66(62)67-27-11-13-30-69(67)77/h1-43,55-57,76H,44-49H2. The number of furan rings is 1. The van der Waals surface area contributed by atoms with Gasteiger partial charge >= 0.3 is 0 Å². The normalized spacial score (nSPS) is 23.9. The third-order valence-electron chi connectivity index (χ3n) is 21.2. The van der Waals surface area contributed by atoms with E-state index < -0.39 is 0 Å². The lowest BCUT2D eigenvalue weighted by Gasteiger charge is -2.70. The SMILES string of the molecule is c1ccc(-c2ccc(N(c3ccc(-c4ccc5c6c4oc4cccc(c46)C4CC67CC(CC89CC(CC5(C4)C86)c4ccccc4-c4ccccc49)c4ccccc4-c4ccccc47)cc3)c3cccc(-c4ccccc4)c3)cc2)cc1. The van der Waals surface area contributed by atoms with E-state index in [0.29, 0.717) is 23.7 Å². The van der Waals surface area contributed by atoms with Crippen LogP contribution in [0.15, 0.2) is 265 Å². The Labute approximate surface area is 474 Å². The highest BCUT2D eigenvalue weighted by molar-refractivity contribution is 6.14. The predicted octanol–water partition coefficient (Wildman–Crippen LogP) is 20.8. The summed E-state index contributed by atoms with van der Waals surface area (Å²) >= 11 is 0. The van der Waals surface area contributed by atoms with Crippen LogP contribution in [0, 0.1) is 5.92 Å². The number of hydrogen-bond acceptors (Lipinski definition) is 2. The molecule has 6 bridgehead atoms. The lowest BCUT2D eigenvalue weighted by Crippen LogP contribution is -2.67. The maximum atomic E-state index is 7.47. The molecule has 0 aliphatic heterocycles. The summed E-state index contributed by atoms with van der Waals surface area (Å²) in [6.45, 7) is 0. The first-order valence-electron chi connectivity index (χ1n) is 29.6. The van der Waals surface area contributed by atoms with Crippen molar-refractivity contribution < 1.29 is 4.42 Å². The molecule has 7 atom stereocenters. The molecule has 386 valence electrons. The molecule has 0 N–H and O–H groups in total. The molecule has 3 spiro atoms. The lowest BCUT2D eigenvalue weighted by molar-refractivity contribution is -0.0786. The van der Waals surface area contributed by atoms with E-state index in [1.165, 1.54) is 79.2 Å². The summed E-state index contributed by atoms with van der Waals surface area (Å²) in [5.74, 6) is 1.52. The van der Waals surface area contributed by atoms with Gasteiger partial charge in [0.15, 0.2) is 0 Å². The minimum absolute atomic E-state index is 0.0893. The molecule has 2 heteroatoms. The molecule has 0 radical (unpaired) electrons. The quantitative estimate of drug-likeness (QED) is 0.165. The van der Waals surface area contributed by atoms with E-state index in [2.05, 4.69) is 266 Å². The summed E-state index contributed by atoms with van der Waals surface area (Å²) in [5, 5.41) is 2.72. The Hall–Kier alpha value is -8.98. The lowest BCUT2D eigenvalue weighted by atomic mass is 9.32. The van der Waals surface area contributed by atoms with Gasteiger partial charge in [-0.05, 0) is 188 Å². The summed E-state index contributed by atoms with van der Waals surface area (Å²) in [7, 11) is 0. The van der Waals surface area contributed by atoms with Crippen molar-refractivity contribution in [3.05, 3.63) is 294 Å². The van der Waals surface area contributed by atoms with E-state index >= 15 is 0 Å². The Kier molecular flexibility index (Phi) is 9.63. The summed E-state index contributed by atoms with van der Waals surface area (Å²) in [4.78, 5) is 2.41. The van der Waals surface area contributed by atoms with Gasteiger partial charge in [-0.3, -0.25) is 0 Å². The molecule has 11 aromatic carbocycles.